The van der Waals surface area contributed by atoms with E-state index in [1.54, 1.807) is 6.92 Å². The predicted octanol–water partition coefficient (Wildman–Crippen LogP) is 1.53. The highest BCUT2D eigenvalue weighted by atomic mass is 19.1. The number of nitrogen functional groups attached to an aromatic ring is 1. The Morgan fingerprint density at radius 1 is 1.27 bits per heavy atom. The lowest BCUT2D eigenvalue weighted by atomic mass is 10.1. The van der Waals surface area contributed by atoms with Crippen molar-refractivity contribution in [1.29, 1.82) is 0 Å². The Morgan fingerprint density at radius 2 is 1.95 bits per heavy atom. The number of benzene rings is 1. The molecule has 1 atom stereocenters. The third-order valence-electron chi connectivity index (χ3n) is 2.75. The van der Waals surface area contributed by atoms with Crippen molar-refractivity contribution in [2.75, 3.05) is 17.7 Å². The van der Waals surface area contributed by atoms with Crippen LogP contribution in [-0.4, -0.2) is 27.7 Å². The Labute approximate surface area is 126 Å². The standard InChI is InChI=1S/C15H14F2N4O/c1-9(8-22)21-15-19-6-10(7-20-15)2-3-11-12(16)4-5-13(18)14(11)17/h4-7,9,22H,8,18H2,1H3,(H,19,20,21)/t9-/m0/s1. The molecular weight excluding hydrogens is 290 g/mol. The smallest absolute Gasteiger partial charge is 0.222 e. The first kappa shape index (κ1) is 15.7. The minimum atomic E-state index is -0.886. The molecule has 0 saturated heterocycles. The fourth-order valence-corrected chi connectivity index (χ4v) is 1.55. The molecule has 0 aliphatic heterocycles. The molecule has 0 fully saturated rings. The molecule has 5 nitrogen and oxygen atoms in total. The molecule has 0 amide bonds. The average Bonchev–Trinajstić information content (AvgIpc) is 2.52. The molecule has 0 bridgehead atoms. The van der Waals surface area contributed by atoms with Gasteiger partial charge >= 0.3 is 0 Å². The summed E-state index contributed by atoms with van der Waals surface area (Å²) in [6.07, 6.45) is 2.82. The molecule has 7 heteroatoms. The normalized spacial score (nSPS) is 11.5. The lowest BCUT2D eigenvalue weighted by Crippen LogP contribution is -2.20. The highest BCUT2D eigenvalue weighted by Crippen LogP contribution is 2.17. The third kappa shape index (κ3) is 3.68. The second-order valence-electron chi connectivity index (χ2n) is 4.60. The molecule has 0 radical (unpaired) electrons. The molecule has 0 saturated carbocycles. The molecule has 2 rings (SSSR count). The van der Waals surface area contributed by atoms with Crippen LogP contribution in [0.25, 0.3) is 0 Å². The Balaban J connectivity index is 2.21. The van der Waals surface area contributed by atoms with E-state index in [1.807, 2.05) is 0 Å². The van der Waals surface area contributed by atoms with Gasteiger partial charge in [-0.05, 0) is 19.1 Å². The summed E-state index contributed by atoms with van der Waals surface area (Å²) in [6, 6.07) is 2.01. The van der Waals surface area contributed by atoms with E-state index in [4.69, 9.17) is 10.8 Å². The molecule has 1 heterocycles. The number of nitrogens with zero attached hydrogens (tertiary/aromatic N) is 2. The van der Waals surface area contributed by atoms with Crippen LogP contribution >= 0.6 is 0 Å². The molecule has 4 N–H and O–H groups in total. The van der Waals surface area contributed by atoms with Crippen LogP contribution in [-0.2, 0) is 0 Å². The van der Waals surface area contributed by atoms with Crippen LogP contribution in [0.1, 0.15) is 18.1 Å². The Morgan fingerprint density at radius 3 is 2.59 bits per heavy atom. The summed E-state index contributed by atoms with van der Waals surface area (Å²) >= 11 is 0. The number of aromatic nitrogens is 2. The number of halogens is 2. The van der Waals surface area contributed by atoms with Crippen LogP contribution in [0.2, 0.25) is 0 Å². The van der Waals surface area contributed by atoms with E-state index in [1.165, 1.54) is 12.4 Å². The number of anilines is 2. The summed E-state index contributed by atoms with van der Waals surface area (Å²) in [5, 5.41) is 11.8. The van der Waals surface area contributed by atoms with Gasteiger partial charge in [0.2, 0.25) is 5.95 Å². The van der Waals surface area contributed by atoms with Crippen molar-refractivity contribution in [2.45, 2.75) is 13.0 Å². The number of hydrogen-bond donors (Lipinski definition) is 3. The minimum Gasteiger partial charge on any atom is -0.396 e. The molecule has 2 aromatic rings. The number of aliphatic hydroxyl groups excluding tert-OH is 1. The van der Waals surface area contributed by atoms with Crippen LogP contribution in [0.3, 0.4) is 0 Å². The fourth-order valence-electron chi connectivity index (χ4n) is 1.55. The largest absolute Gasteiger partial charge is 0.396 e. The van der Waals surface area contributed by atoms with E-state index < -0.39 is 17.2 Å². The van der Waals surface area contributed by atoms with E-state index in [0.29, 0.717) is 11.5 Å². The van der Waals surface area contributed by atoms with E-state index in [9.17, 15) is 8.78 Å². The van der Waals surface area contributed by atoms with E-state index in [2.05, 4.69) is 27.1 Å². The first-order chi connectivity index (χ1) is 10.5. The first-order valence-corrected chi connectivity index (χ1v) is 6.46. The number of nitrogens with two attached hydrogens (primary N) is 1. The quantitative estimate of drug-likeness (QED) is 0.591. The fraction of sp³-hybridized carbons (Fsp3) is 0.200. The molecule has 1 aromatic carbocycles. The SMILES string of the molecule is C[C@@H](CO)Nc1ncc(C#Cc2c(F)ccc(N)c2F)cn1. The van der Waals surface area contributed by atoms with Gasteiger partial charge in [-0.15, -0.1) is 0 Å². The van der Waals surface area contributed by atoms with Gasteiger partial charge in [-0.2, -0.15) is 0 Å². The topological polar surface area (TPSA) is 84.1 Å². The van der Waals surface area contributed by atoms with Crippen molar-refractivity contribution in [3.05, 3.63) is 47.3 Å². The maximum Gasteiger partial charge on any atom is 0.222 e. The van der Waals surface area contributed by atoms with Gasteiger partial charge in [0.15, 0.2) is 5.82 Å². The number of hydrogen-bond acceptors (Lipinski definition) is 5. The Hall–Kier alpha value is -2.72. The average molecular weight is 304 g/mol. The van der Waals surface area contributed by atoms with Crippen LogP contribution in [0.15, 0.2) is 24.5 Å². The molecule has 1 aromatic heterocycles. The second-order valence-corrected chi connectivity index (χ2v) is 4.60. The van der Waals surface area contributed by atoms with Gasteiger partial charge in [0.25, 0.3) is 0 Å². The lowest BCUT2D eigenvalue weighted by Gasteiger charge is -2.09. The zero-order chi connectivity index (χ0) is 16.1. The molecule has 22 heavy (non-hydrogen) atoms. The third-order valence-corrected chi connectivity index (χ3v) is 2.75. The second kappa shape index (κ2) is 6.83. The highest BCUT2D eigenvalue weighted by molar-refractivity contribution is 5.51. The molecule has 114 valence electrons. The zero-order valence-electron chi connectivity index (χ0n) is 11.8. The van der Waals surface area contributed by atoms with Gasteiger partial charge in [0.1, 0.15) is 5.82 Å². The van der Waals surface area contributed by atoms with E-state index >= 15 is 0 Å². The van der Waals surface area contributed by atoms with Crippen LogP contribution in [0.5, 0.6) is 0 Å². The van der Waals surface area contributed by atoms with Crippen molar-refractivity contribution in [2.24, 2.45) is 0 Å². The van der Waals surface area contributed by atoms with Crippen molar-refractivity contribution in [3.8, 4) is 11.8 Å². The van der Waals surface area contributed by atoms with Crippen molar-refractivity contribution in [1.82, 2.24) is 9.97 Å². The van der Waals surface area contributed by atoms with Crippen molar-refractivity contribution < 1.29 is 13.9 Å². The summed E-state index contributed by atoms with van der Waals surface area (Å²) in [5.74, 6) is 3.63. The number of rotatable bonds is 3. The molecular formula is C15H14F2N4O. The van der Waals surface area contributed by atoms with Gasteiger partial charge in [0.05, 0.1) is 23.4 Å². The van der Waals surface area contributed by atoms with Gasteiger partial charge in [0, 0.05) is 18.4 Å². The number of nitrogens with one attached hydrogen (secondary N) is 1. The summed E-state index contributed by atoms with van der Waals surface area (Å²) in [6.45, 7) is 1.71. The van der Waals surface area contributed by atoms with Gasteiger partial charge in [-0.25, -0.2) is 18.7 Å². The first-order valence-electron chi connectivity index (χ1n) is 6.46. The van der Waals surface area contributed by atoms with Crippen LogP contribution < -0.4 is 11.1 Å². The maximum absolute atomic E-state index is 13.7. The van der Waals surface area contributed by atoms with Crippen LogP contribution in [0, 0.1) is 23.5 Å². The number of aliphatic hydroxyl groups is 1. The van der Waals surface area contributed by atoms with Crippen LogP contribution in [0.4, 0.5) is 20.4 Å². The van der Waals surface area contributed by atoms with Gasteiger partial charge < -0.3 is 16.2 Å². The van der Waals surface area contributed by atoms with Crippen molar-refractivity contribution >= 4 is 11.6 Å². The predicted molar refractivity (Wildman–Crippen MR) is 79.0 cm³/mol. The Kier molecular flexibility index (Phi) is 4.86. The lowest BCUT2D eigenvalue weighted by molar-refractivity contribution is 0.281. The van der Waals surface area contributed by atoms with Gasteiger partial charge in [-0.3, -0.25) is 0 Å². The van der Waals surface area contributed by atoms with Gasteiger partial charge in [-0.1, -0.05) is 11.8 Å². The summed E-state index contributed by atoms with van der Waals surface area (Å²) in [5.41, 5.74) is 5.21. The highest BCUT2D eigenvalue weighted by Gasteiger charge is 2.09. The Bertz CT molecular complexity index is 723. The molecule has 0 aliphatic carbocycles. The van der Waals surface area contributed by atoms with E-state index in [-0.39, 0.29) is 18.3 Å². The maximum atomic E-state index is 13.7. The summed E-state index contributed by atoms with van der Waals surface area (Å²) in [4.78, 5) is 7.99. The molecule has 0 aliphatic rings. The summed E-state index contributed by atoms with van der Waals surface area (Å²) in [7, 11) is 0. The van der Waals surface area contributed by atoms with Crippen molar-refractivity contribution in [3.63, 3.8) is 0 Å². The molecule has 0 spiro atoms. The minimum absolute atomic E-state index is 0.0566. The zero-order valence-corrected chi connectivity index (χ0v) is 11.8. The molecule has 0 unspecified atom stereocenters. The van der Waals surface area contributed by atoms with E-state index in [0.717, 1.165) is 12.1 Å². The monoisotopic (exact) mass is 304 g/mol. The summed E-state index contributed by atoms with van der Waals surface area (Å²) < 4.78 is 27.2.